The first kappa shape index (κ1) is 21.2. The molecule has 28 heavy (non-hydrogen) atoms. The van der Waals surface area contributed by atoms with Crippen molar-refractivity contribution in [1.82, 2.24) is 9.80 Å². The zero-order valence-corrected chi connectivity index (χ0v) is 17.5. The van der Waals surface area contributed by atoms with Crippen LogP contribution in [-0.4, -0.2) is 54.6 Å². The Labute approximate surface area is 168 Å². The number of rotatable bonds is 6. The molecule has 0 spiro atoms. The molecule has 0 amide bonds. The number of hydrogen-bond acceptors (Lipinski definition) is 5. The van der Waals surface area contributed by atoms with Crippen LogP contribution in [0.5, 0.6) is 0 Å². The third kappa shape index (κ3) is 5.72. The van der Waals surface area contributed by atoms with E-state index in [4.69, 9.17) is 10.5 Å². The van der Waals surface area contributed by atoms with Gasteiger partial charge in [-0.05, 0) is 56.4 Å². The first-order valence-corrected chi connectivity index (χ1v) is 10.9. The van der Waals surface area contributed by atoms with Crippen LogP contribution in [0.3, 0.4) is 0 Å². The van der Waals surface area contributed by atoms with E-state index in [9.17, 15) is 9.18 Å². The molecule has 2 fully saturated rings. The van der Waals surface area contributed by atoms with Gasteiger partial charge in [0.05, 0.1) is 12.3 Å². The van der Waals surface area contributed by atoms with Crippen molar-refractivity contribution in [3.63, 3.8) is 0 Å². The molecule has 1 saturated heterocycles. The van der Waals surface area contributed by atoms with E-state index in [2.05, 4.69) is 23.6 Å². The van der Waals surface area contributed by atoms with Gasteiger partial charge in [-0.1, -0.05) is 13.8 Å². The van der Waals surface area contributed by atoms with Gasteiger partial charge in [-0.2, -0.15) is 0 Å². The van der Waals surface area contributed by atoms with E-state index in [1.807, 2.05) is 0 Å². The lowest BCUT2D eigenvalue weighted by atomic mass is 9.83. The van der Waals surface area contributed by atoms with Crippen LogP contribution in [0.15, 0.2) is 23.3 Å². The molecule has 3 rings (SSSR count). The summed E-state index contributed by atoms with van der Waals surface area (Å²) < 4.78 is 19.5. The molecule has 0 unspecified atom stereocenters. The molecule has 0 atom stereocenters. The Balaban J connectivity index is 1.40. The molecule has 2 N–H and O–H groups in total. The lowest BCUT2D eigenvalue weighted by molar-refractivity contribution is -0.146. The highest BCUT2D eigenvalue weighted by Gasteiger charge is 2.30. The second-order valence-corrected chi connectivity index (χ2v) is 8.99. The standard InChI is InChI=1S/C22H36FN3O2/c1-16(2)15-28-22(27)13-17-3-6-19(7-4-17)25-9-11-26(12-10-25)21-8-5-18(24)14-20(21)23/h14,16-17,19H,3-13,15,24H2,1-2H3. The van der Waals surface area contributed by atoms with Gasteiger partial charge in [0.1, 0.15) is 5.83 Å². The average Bonchev–Trinajstić information content (AvgIpc) is 2.67. The second-order valence-electron chi connectivity index (χ2n) is 8.99. The van der Waals surface area contributed by atoms with E-state index < -0.39 is 0 Å². The maximum Gasteiger partial charge on any atom is 0.306 e. The number of carbonyl (C=O) groups excluding carboxylic acids is 1. The number of nitrogens with two attached hydrogens (primary N) is 1. The minimum absolute atomic E-state index is 0.0387. The van der Waals surface area contributed by atoms with Crippen LogP contribution in [0.4, 0.5) is 4.39 Å². The minimum Gasteiger partial charge on any atom is -0.465 e. The number of esters is 1. The zero-order valence-electron chi connectivity index (χ0n) is 17.5. The van der Waals surface area contributed by atoms with Crippen LogP contribution in [0, 0.1) is 11.8 Å². The predicted octanol–water partition coefficient (Wildman–Crippen LogP) is 3.57. The summed E-state index contributed by atoms with van der Waals surface area (Å²) >= 11 is 0. The van der Waals surface area contributed by atoms with Gasteiger partial charge in [0.25, 0.3) is 0 Å². The van der Waals surface area contributed by atoms with Crippen molar-refractivity contribution in [3.05, 3.63) is 23.3 Å². The number of hydrogen-bond donors (Lipinski definition) is 1. The Kier molecular flexibility index (Phi) is 7.38. The Morgan fingerprint density at radius 1 is 1.18 bits per heavy atom. The molecular weight excluding hydrogens is 357 g/mol. The van der Waals surface area contributed by atoms with Crippen molar-refractivity contribution in [2.24, 2.45) is 17.6 Å². The van der Waals surface area contributed by atoms with Crippen LogP contribution >= 0.6 is 0 Å². The molecule has 1 aliphatic heterocycles. The molecule has 0 bridgehead atoms. The van der Waals surface area contributed by atoms with Crippen molar-refractivity contribution in [2.45, 2.75) is 64.8 Å². The summed E-state index contributed by atoms with van der Waals surface area (Å²) in [6.07, 6.45) is 8.03. The molecule has 6 heteroatoms. The Hall–Kier alpha value is -1.56. The third-order valence-electron chi connectivity index (χ3n) is 6.30. The Morgan fingerprint density at radius 2 is 1.86 bits per heavy atom. The number of halogens is 1. The lowest BCUT2D eigenvalue weighted by Gasteiger charge is -2.43. The first-order valence-electron chi connectivity index (χ1n) is 10.9. The summed E-state index contributed by atoms with van der Waals surface area (Å²) in [6, 6.07) is 0.603. The maximum atomic E-state index is 14.2. The third-order valence-corrected chi connectivity index (χ3v) is 6.30. The first-order chi connectivity index (χ1) is 13.4. The van der Waals surface area contributed by atoms with Gasteiger partial charge in [0.2, 0.25) is 0 Å². The van der Waals surface area contributed by atoms with Gasteiger partial charge in [-0.25, -0.2) is 4.39 Å². The van der Waals surface area contributed by atoms with Crippen LogP contribution in [-0.2, 0) is 9.53 Å². The highest BCUT2D eigenvalue weighted by atomic mass is 19.1. The Morgan fingerprint density at radius 3 is 2.46 bits per heavy atom. The Bertz CT molecular complexity index is 601. The molecule has 0 aromatic heterocycles. The molecule has 2 aliphatic carbocycles. The molecule has 158 valence electrons. The van der Waals surface area contributed by atoms with Gasteiger partial charge in [0.15, 0.2) is 0 Å². The maximum absolute atomic E-state index is 14.2. The van der Waals surface area contributed by atoms with Gasteiger partial charge in [-0.15, -0.1) is 0 Å². The van der Waals surface area contributed by atoms with E-state index in [1.165, 1.54) is 6.08 Å². The quantitative estimate of drug-likeness (QED) is 0.699. The summed E-state index contributed by atoms with van der Waals surface area (Å²) in [5.74, 6) is 0.672. The molecule has 5 nitrogen and oxygen atoms in total. The zero-order chi connectivity index (χ0) is 20.1. The largest absolute Gasteiger partial charge is 0.465 e. The number of ether oxygens (including phenoxy) is 1. The minimum atomic E-state index is -0.151. The number of piperazine rings is 1. The molecule has 1 heterocycles. The summed E-state index contributed by atoms with van der Waals surface area (Å²) in [6.45, 7) is 8.39. The van der Waals surface area contributed by atoms with E-state index in [-0.39, 0.29) is 11.8 Å². The van der Waals surface area contributed by atoms with Gasteiger partial charge >= 0.3 is 5.97 Å². The van der Waals surface area contributed by atoms with E-state index in [0.717, 1.165) is 64.0 Å². The van der Waals surface area contributed by atoms with Crippen LogP contribution in [0.2, 0.25) is 0 Å². The van der Waals surface area contributed by atoms with Crippen molar-refractivity contribution < 1.29 is 13.9 Å². The van der Waals surface area contributed by atoms with Crippen LogP contribution < -0.4 is 5.73 Å². The highest BCUT2D eigenvalue weighted by Crippen LogP contribution is 2.32. The summed E-state index contributed by atoms with van der Waals surface area (Å²) in [5.41, 5.74) is 7.21. The van der Waals surface area contributed by atoms with Crippen molar-refractivity contribution in [1.29, 1.82) is 0 Å². The van der Waals surface area contributed by atoms with Crippen molar-refractivity contribution in [3.8, 4) is 0 Å². The van der Waals surface area contributed by atoms with Crippen LogP contribution in [0.1, 0.15) is 58.8 Å². The molecule has 0 aromatic carbocycles. The molecular formula is C22H36FN3O2. The average molecular weight is 394 g/mol. The monoisotopic (exact) mass is 393 g/mol. The lowest BCUT2D eigenvalue weighted by Crippen LogP contribution is -2.51. The van der Waals surface area contributed by atoms with Gasteiger partial charge in [-0.3, -0.25) is 9.69 Å². The summed E-state index contributed by atoms with van der Waals surface area (Å²) in [5, 5.41) is 0. The second kappa shape index (κ2) is 9.77. The van der Waals surface area contributed by atoms with Crippen molar-refractivity contribution in [2.75, 3.05) is 32.8 Å². The summed E-state index contributed by atoms with van der Waals surface area (Å²) in [7, 11) is 0. The van der Waals surface area contributed by atoms with E-state index in [0.29, 0.717) is 43.0 Å². The van der Waals surface area contributed by atoms with Gasteiger partial charge in [0, 0.05) is 44.3 Å². The predicted molar refractivity (Wildman–Crippen MR) is 109 cm³/mol. The topological polar surface area (TPSA) is 58.8 Å². The molecule has 1 saturated carbocycles. The smallest absolute Gasteiger partial charge is 0.306 e. The number of carbonyl (C=O) groups is 1. The normalized spacial score (nSPS) is 27.1. The van der Waals surface area contributed by atoms with Crippen LogP contribution in [0.25, 0.3) is 0 Å². The number of allylic oxidation sites excluding steroid dienone is 4. The van der Waals surface area contributed by atoms with E-state index in [1.54, 1.807) is 0 Å². The molecule has 0 aromatic rings. The highest BCUT2D eigenvalue weighted by molar-refractivity contribution is 5.69. The van der Waals surface area contributed by atoms with E-state index >= 15 is 0 Å². The fourth-order valence-electron chi connectivity index (χ4n) is 4.63. The fraction of sp³-hybridized carbons (Fsp3) is 0.773. The summed E-state index contributed by atoms with van der Waals surface area (Å²) in [4.78, 5) is 16.7. The van der Waals surface area contributed by atoms with Crippen molar-refractivity contribution >= 4 is 5.97 Å². The molecule has 0 radical (unpaired) electrons. The molecule has 3 aliphatic rings. The van der Waals surface area contributed by atoms with Gasteiger partial charge < -0.3 is 15.4 Å². The SMILES string of the molecule is CC(C)COC(=O)CC1CCC(N2CCN(C3=C(F)C=C(N)CC3)CC2)CC1. The fourth-order valence-corrected chi connectivity index (χ4v) is 4.63. The number of nitrogens with zero attached hydrogens (tertiary/aromatic N) is 2.